The van der Waals surface area contributed by atoms with Crippen LogP contribution in [0, 0.1) is 11.3 Å². The largest absolute Gasteiger partial charge is 0.493 e. The normalized spacial score (nSPS) is 22.7. The minimum absolute atomic E-state index is 0.122. The molecule has 2 N–H and O–H groups in total. The number of ether oxygens (including phenoxy) is 3. The lowest BCUT2D eigenvalue weighted by Gasteiger charge is -2.34. The van der Waals surface area contributed by atoms with E-state index in [2.05, 4.69) is 5.32 Å². The van der Waals surface area contributed by atoms with E-state index < -0.39 is 23.7 Å². The van der Waals surface area contributed by atoms with Gasteiger partial charge in [-0.05, 0) is 55.9 Å². The van der Waals surface area contributed by atoms with Crippen LogP contribution in [-0.2, 0) is 16.1 Å². The third-order valence-electron chi connectivity index (χ3n) is 7.68. The monoisotopic (exact) mass is 510 g/mol. The molecule has 1 aliphatic heterocycles. The number of aliphatic hydroxyl groups is 1. The zero-order valence-electron chi connectivity index (χ0n) is 22.1. The summed E-state index contributed by atoms with van der Waals surface area (Å²) in [7, 11) is 1.62. The van der Waals surface area contributed by atoms with E-state index in [0.29, 0.717) is 37.1 Å². The average molecular weight is 511 g/mol. The molecule has 2 amide bonds. The fraction of sp³-hybridized carbons (Fsp3) is 0.517. The van der Waals surface area contributed by atoms with Crippen LogP contribution in [-0.4, -0.2) is 61.0 Å². The molecule has 1 heterocycles. The molecule has 0 aromatic heterocycles. The zero-order chi connectivity index (χ0) is 26.6. The summed E-state index contributed by atoms with van der Waals surface area (Å²) in [6.07, 6.45) is 1.07. The molecule has 2 aliphatic rings. The van der Waals surface area contributed by atoms with Crippen molar-refractivity contribution in [3.05, 3.63) is 59.7 Å². The number of likely N-dealkylation sites (tertiary alicyclic amines) is 1. The van der Waals surface area contributed by atoms with Crippen molar-refractivity contribution in [2.24, 2.45) is 11.3 Å². The number of methoxy groups -OCH3 is 1. The molecule has 0 unspecified atom stereocenters. The van der Waals surface area contributed by atoms with E-state index in [1.165, 1.54) is 12.8 Å². The number of hydrogen-bond donors (Lipinski definition) is 2. The van der Waals surface area contributed by atoms with Gasteiger partial charge in [0.15, 0.2) is 11.5 Å². The first-order valence-corrected chi connectivity index (χ1v) is 13.0. The SMILES string of the molecule is COc1ccc([C@@H]2CN(C(=O)[C@H](C)NC(=O)OCc3ccccc3)C[C@@]2(C)[C@@H](C)O)cc1OCC1CC1. The Morgan fingerprint density at radius 2 is 1.86 bits per heavy atom. The van der Waals surface area contributed by atoms with Gasteiger partial charge in [0.2, 0.25) is 5.91 Å². The van der Waals surface area contributed by atoms with Gasteiger partial charge in [-0.3, -0.25) is 4.79 Å². The number of amides is 2. The van der Waals surface area contributed by atoms with Gasteiger partial charge in [0.25, 0.3) is 0 Å². The van der Waals surface area contributed by atoms with Gasteiger partial charge in [-0.2, -0.15) is 0 Å². The van der Waals surface area contributed by atoms with Crippen LogP contribution in [0.4, 0.5) is 4.79 Å². The van der Waals surface area contributed by atoms with Crippen LogP contribution in [0.15, 0.2) is 48.5 Å². The molecule has 8 heteroatoms. The predicted molar refractivity (Wildman–Crippen MR) is 140 cm³/mol. The Balaban J connectivity index is 1.43. The van der Waals surface area contributed by atoms with Gasteiger partial charge in [0.05, 0.1) is 19.8 Å². The van der Waals surface area contributed by atoms with Gasteiger partial charge in [0, 0.05) is 24.4 Å². The zero-order valence-corrected chi connectivity index (χ0v) is 22.1. The second-order valence-corrected chi connectivity index (χ2v) is 10.5. The van der Waals surface area contributed by atoms with E-state index in [4.69, 9.17) is 14.2 Å². The van der Waals surface area contributed by atoms with E-state index in [0.717, 1.165) is 11.1 Å². The Bertz CT molecular complexity index is 1090. The van der Waals surface area contributed by atoms with Crippen LogP contribution in [0.25, 0.3) is 0 Å². The summed E-state index contributed by atoms with van der Waals surface area (Å²) in [5.41, 5.74) is 1.27. The number of benzene rings is 2. The summed E-state index contributed by atoms with van der Waals surface area (Å²) in [4.78, 5) is 27.3. The number of alkyl carbamates (subject to hydrolysis) is 1. The summed E-state index contributed by atoms with van der Waals surface area (Å²) in [6, 6.07) is 14.4. The third kappa shape index (κ3) is 6.36. The van der Waals surface area contributed by atoms with Crippen molar-refractivity contribution in [2.75, 3.05) is 26.8 Å². The van der Waals surface area contributed by atoms with Gasteiger partial charge in [-0.15, -0.1) is 0 Å². The predicted octanol–water partition coefficient (Wildman–Crippen LogP) is 4.11. The van der Waals surface area contributed by atoms with Crippen molar-refractivity contribution in [3.8, 4) is 11.5 Å². The molecule has 1 saturated heterocycles. The number of carbonyl (C=O) groups is 2. The highest BCUT2D eigenvalue weighted by atomic mass is 16.5. The summed E-state index contributed by atoms with van der Waals surface area (Å²) in [5.74, 6) is 1.61. The van der Waals surface area contributed by atoms with Gasteiger partial charge < -0.3 is 29.5 Å². The van der Waals surface area contributed by atoms with Crippen LogP contribution in [0.3, 0.4) is 0 Å². The number of nitrogens with zero attached hydrogens (tertiary/aromatic N) is 1. The van der Waals surface area contributed by atoms with Crippen LogP contribution in [0.5, 0.6) is 11.5 Å². The van der Waals surface area contributed by atoms with Crippen molar-refractivity contribution in [1.82, 2.24) is 10.2 Å². The van der Waals surface area contributed by atoms with E-state index in [9.17, 15) is 14.7 Å². The molecule has 0 bridgehead atoms. The summed E-state index contributed by atoms with van der Waals surface area (Å²) in [6.45, 7) is 6.97. The first-order chi connectivity index (χ1) is 17.7. The van der Waals surface area contributed by atoms with Crippen LogP contribution in [0.2, 0.25) is 0 Å². The number of aliphatic hydroxyl groups excluding tert-OH is 1. The number of nitrogens with one attached hydrogen (secondary N) is 1. The summed E-state index contributed by atoms with van der Waals surface area (Å²) < 4.78 is 16.8. The third-order valence-corrected chi connectivity index (χ3v) is 7.68. The van der Waals surface area contributed by atoms with Crippen molar-refractivity contribution in [1.29, 1.82) is 0 Å². The second-order valence-electron chi connectivity index (χ2n) is 10.5. The second kappa shape index (κ2) is 11.4. The summed E-state index contributed by atoms with van der Waals surface area (Å²) >= 11 is 0. The minimum Gasteiger partial charge on any atom is -0.493 e. The number of carbonyl (C=O) groups excluding carboxylic acids is 2. The van der Waals surface area contributed by atoms with Crippen LogP contribution in [0.1, 0.15) is 50.7 Å². The maximum absolute atomic E-state index is 13.3. The highest BCUT2D eigenvalue weighted by molar-refractivity contribution is 5.85. The van der Waals surface area contributed by atoms with Crippen molar-refractivity contribution in [2.45, 2.75) is 58.3 Å². The van der Waals surface area contributed by atoms with Crippen molar-refractivity contribution in [3.63, 3.8) is 0 Å². The van der Waals surface area contributed by atoms with Crippen LogP contribution >= 0.6 is 0 Å². The fourth-order valence-corrected chi connectivity index (χ4v) is 4.88. The molecule has 1 aliphatic carbocycles. The van der Waals surface area contributed by atoms with Gasteiger partial charge >= 0.3 is 6.09 Å². The minimum atomic E-state index is -0.770. The standard InChI is InChI=1S/C29H38N2O6/c1-19(30-28(34)37-17-21-8-6-5-7-9-21)27(33)31-15-24(29(3,18-31)20(2)32)23-12-13-25(35-4)26(14-23)36-16-22-10-11-22/h5-9,12-14,19-20,22,24,32H,10-11,15-18H2,1-4H3,(H,30,34)/t19-,20+,24-,29-/m0/s1. The van der Waals surface area contributed by atoms with E-state index in [-0.39, 0.29) is 18.4 Å². The lowest BCUT2D eigenvalue weighted by atomic mass is 9.72. The molecule has 0 radical (unpaired) electrons. The van der Waals surface area contributed by atoms with Gasteiger partial charge in [-0.1, -0.05) is 43.3 Å². The Kier molecular flexibility index (Phi) is 8.27. The molecule has 0 spiro atoms. The molecule has 2 fully saturated rings. The Morgan fingerprint density at radius 3 is 2.51 bits per heavy atom. The van der Waals surface area contributed by atoms with Crippen molar-refractivity contribution < 1.29 is 28.9 Å². The number of rotatable bonds is 10. The molecule has 1 saturated carbocycles. The van der Waals surface area contributed by atoms with Gasteiger partial charge in [0.1, 0.15) is 12.6 Å². The molecule has 2 aromatic carbocycles. The molecular weight excluding hydrogens is 472 g/mol. The van der Waals surface area contributed by atoms with Crippen LogP contribution < -0.4 is 14.8 Å². The topological polar surface area (TPSA) is 97.3 Å². The molecule has 4 rings (SSSR count). The molecule has 4 atom stereocenters. The van der Waals surface area contributed by atoms with Gasteiger partial charge in [-0.25, -0.2) is 4.79 Å². The number of hydrogen-bond acceptors (Lipinski definition) is 6. The molecule has 200 valence electrons. The first-order valence-electron chi connectivity index (χ1n) is 13.0. The lowest BCUT2D eigenvalue weighted by Crippen LogP contribution is -2.47. The molecule has 2 aromatic rings. The highest BCUT2D eigenvalue weighted by Crippen LogP contribution is 2.47. The Labute approximate surface area is 218 Å². The average Bonchev–Trinajstić information content (AvgIpc) is 3.66. The highest BCUT2D eigenvalue weighted by Gasteiger charge is 2.49. The fourth-order valence-electron chi connectivity index (χ4n) is 4.88. The van der Waals surface area contributed by atoms with E-state index >= 15 is 0 Å². The van der Waals surface area contributed by atoms with E-state index in [1.807, 2.05) is 55.5 Å². The molecule has 8 nitrogen and oxygen atoms in total. The quantitative estimate of drug-likeness (QED) is 0.499. The van der Waals surface area contributed by atoms with E-state index in [1.54, 1.807) is 25.9 Å². The summed E-state index contributed by atoms with van der Waals surface area (Å²) in [5, 5.41) is 13.4. The Morgan fingerprint density at radius 1 is 1.14 bits per heavy atom. The maximum atomic E-state index is 13.3. The van der Waals surface area contributed by atoms with Crippen molar-refractivity contribution >= 4 is 12.0 Å². The smallest absolute Gasteiger partial charge is 0.408 e. The lowest BCUT2D eigenvalue weighted by molar-refractivity contribution is -0.132. The molecule has 37 heavy (non-hydrogen) atoms. The first kappa shape index (κ1) is 26.8. The Hall–Kier alpha value is -3.26. The molecular formula is C29H38N2O6. The maximum Gasteiger partial charge on any atom is 0.408 e.